The molecule has 0 aromatic heterocycles. The Hall–Kier alpha value is -2.34. The Kier molecular flexibility index (Phi) is 5.28. The monoisotopic (exact) mass is 268 g/mol. The number of nitrogens with one attached hydrogen (secondary N) is 1. The zero-order valence-corrected chi connectivity index (χ0v) is 12.2. The van der Waals surface area contributed by atoms with Crippen molar-refractivity contribution in [3.63, 3.8) is 0 Å². The fraction of sp³-hybridized carbons (Fsp3) is 0.294. The number of nitrogens with zero attached hydrogens (tertiary/aromatic N) is 1. The van der Waals surface area contributed by atoms with Gasteiger partial charge < -0.3 is 5.32 Å². The lowest BCUT2D eigenvalue weighted by atomic mass is 9.86. The summed E-state index contributed by atoms with van der Waals surface area (Å²) in [7, 11) is 0. The average Bonchev–Trinajstić information content (AvgIpc) is 2.41. The first-order valence-electron chi connectivity index (χ1n) is 6.50. The van der Waals surface area contributed by atoms with E-state index in [2.05, 4.69) is 32.7 Å². The standard InChI is InChI=1S/C17H20N2O/c1-5-10-19-16(20)14(12-18)11-13-6-8-15(9-7-13)17(2,3)4/h5-9,11H,1,10H2,2-4H3,(H,19,20). The lowest BCUT2D eigenvalue weighted by molar-refractivity contribution is -0.116. The molecule has 0 radical (unpaired) electrons. The summed E-state index contributed by atoms with van der Waals surface area (Å²) in [6.45, 7) is 10.3. The third kappa shape index (κ3) is 4.40. The minimum absolute atomic E-state index is 0.0850. The highest BCUT2D eigenvalue weighted by molar-refractivity contribution is 6.01. The lowest BCUT2D eigenvalue weighted by Crippen LogP contribution is -2.24. The Balaban J connectivity index is 2.94. The number of rotatable bonds is 4. The van der Waals surface area contributed by atoms with Crippen LogP contribution in [0.5, 0.6) is 0 Å². The van der Waals surface area contributed by atoms with Gasteiger partial charge in [-0.15, -0.1) is 6.58 Å². The average molecular weight is 268 g/mol. The summed E-state index contributed by atoms with van der Waals surface area (Å²) in [6, 6.07) is 9.78. The van der Waals surface area contributed by atoms with Gasteiger partial charge in [-0.1, -0.05) is 51.1 Å². The molecule has 1 aromatic carbocycles. The second kappa shape index (κ2) is 6.72. The van der Waals surface area contributed by atoms with E-state index in [9.17, 15) is 4.79 Å². The van der Waals surface area contributed by atoms with Crippen molar-refractivity contribution in [1.29, 1.82) is 5.26 Å². The molecule has 0 aliphatic heterocycles. The van der Waals surface area contributed by atoms with Crippen molar-refractivity contribution in [1.82, 2.24) is 5.32 Å². The number of hydrogen-bond donors (Lipinski definition) is 1. The first-order valence-corrected chi connectivity index (χ1v) is 6.50. The van der Waals surface area contributed by atoms with Crippen molar-refractivity contribution >= 4 is 12.0 Å². The van der Waals surface area contributed by atoms with E-state index in [-0.39, 0.29) is 16.9 Å². The van der Waals surface area contributed by atoms with Crippen molar-refractivity contribution in [3.05, 3.63) is 53.6 Å². The molecule has 1 aromatic rings. The van der Waals surface area contributed by atoms with E-state index < -0.39 is 0 Å². The maximum atomic E-state index is 11.7. The second-order valence-corrected chi connectivity index (χ2v) is 5.54. The molecule has 3 heteroatoms. The smallest absolute Gasteiger partial charge is 0.262 e. The Bertz CT molecular complexity index is 554. The van der Waals surface area contributed by atoms with E-state index in [1.54, 1.807) is 12.2 Å². The quantitative estimate of drug-likeness (QED) is 0.518. The number of carbonyl (C=O) groups excluding carboxylic acids is 1. The van der Waals surface area contributed by atoms with Crippen LogP contribution in [0.1, 0.15) is 31.9 Å². The summed E-state index contributed by atoms with van der Waals surface area (Å²) in [5.41, 5.74) is 2.23. The molecule has 0 unspecified atom stereocenters. The van der Waals surface area contributed by atoms with Crippen molar-refractivity contribution < 1.29 is 4.79 Å². The van der Waals surface area contributed by atoms with Gasteiger partial charge in [-0.3, -0.25) is 4.79 Å². The van der Waals surface area contributed by atoms with E-state index in [4.69, 9.17) is 5.26 Å². The molecule has 0 aliphatic carbocycles. The number of amides is 1. The van der Waals surface area contributed by atoms with Gasteiger partial charge in [-0.25, -0.2) is 0 Å². The number of benzene rings is 1. The van der Waals surface area contributed by atoms with E-state index >= 15 is 0 Å². The van der Waals surface area contributed by atoms with Crippen LogP contribution in [0.2, 0.25) is 0 Å². The lowest BCUT2D eigenvalue weighted by Gasteiger charge is -2.18. The summed E-state index contributed by atoms with van der Waals surface area (Å²) in [4.78, 5) is 11.7. The van der Waals surface area contributed by atoms with Crippen LogP contribution >= 0.6 is 0 Å². The van der Waals surface area contributed by atoms with Crippen LogP contribution in [0.4, 0.5) is 0 Å². The minimum Gasteiger partial charge on any atom is -0.348 e. The van der Waals surface area contributed by atoms with E-state index in [1.807, 2.05) is 30.3 Å². The second-order valence-electron chi connectivity index (χ2n) is 5.54. The molecular weight excluding hydrogens is 248 g/mol. The molecule has 1 N–H and O–H groups in total. The molecule has 1 rings (SSSR count). The van der Waals surface area contributed by atoms with Crippen LogP contribution in [0.25, 0.3) is 6.08 Å². The van der Waals surface area contributed by atoms with Gasteiger partial charge in [-0.05, 0) is 22.6 Å². The maximum Gasteiger partial charge on any atom is 0.262 e. The van der Waals surface area contributed by atoms with Gasteiger partial charge in [0.05, 0.1) is 0 Å². The molecule has 1 amide bonds. The SMILES string of the molecule is C=CCNC(=O)C(C#N)=Cc1ccc(C(C)(C)C)cc1. The Labute approximate surface area is 120 Å². The van der Waals surface area contributed by atoms with Crippen molar-refractivity contribution in [3.8, 4) is 6.07 Å². The summed E-state index contributed by atoms with van der Waals surface area (Å²) >= 11 is 0. The fourth-order valence-corrected chi connectivity index (χ4v) is 1.65. The highest BCUT2D eigenvalue weighted by atomic mass is 16.1. The van der Waals surface area contributed by atoms with Crippen LogP contribution in [-0.4, -0.2) is 12.5 Å². The number of carbonyl (C=O) groups is 1. The molecule has 3 nitrogen and oxygen atoms in total. The predicted octanol–water partition coefficient (Wildman–Crippen LogP) is 3.19. The zero-order chi connectivity index (χ0) is 15.2. The van der Waals surface area contributed by atoms with Gasteiger partial charge in [0.2, 0.25) is 0 Å². The van der Waals surface area contributed by atoms with Crippen molar-refractivity contribution in [2.75, 3.05) is 6.54 Å². The molecule has 0 aliphatic rings. The van der Waals surface area contributed by atoms with Crippen LogP contribution in [0.15, 0.2) is 42.5 Å². The number of nitriles is 1. The molecular formula is C17H20N2O. The van der Waals surface area contributed by atoms with E-state index in [0.717, 1.165) is 5.56 Å². The highest BCUT2D eigenvalue weighted by Crippen LogP contribution is 2.22. The van der Waals surface area contributed by atoms with Crippen molar-refractivity contribution in [2.24, 2.45) is 0 Å². The third-order valence-corrected chi connectivity index (χ3v) is 2.86. The summed E-state index contributed by atoms with van der Waals surface area (Å²) in [5, 5.41) is 11.6. The molecule has 0 atom stereocenters. The van der Waals surface area contributed by atoms with Gasteiger partial charge in [0, 0.05) is 6.54 Å². The predicted molar refractivity (Wildman–Crippen MR) is 81.9 cm³/mol. The molecule has 0 bridgehead atoms. The third-order valence-electron chi connectivity index (χ3n) is 2.86. The highest BCUT2D eigenvalue weighted by Gasteiger charge is 2.13. The molecule has 0 spiro atoms. The molecule has 104 valence electrons. The van der Waals surface area contributed by atoms with Gasteiger partial charge in [-0.2, -0.15) is 5.26 Å². The Morgan fingerprint density at radius 1 is 1.35 bits per heavy atom. The number of hydrogen-bond acceptors (Lipinski definition) is 2. The van der Waals surface area contributed by atoms with Crippen LogP contribution in [0, 0.1) is 11.3 Å². The van der Waals surface area contributed by atoms with E-state index in [1.165, 1.54) is 5.56 Å². The van der Waals surface area contributed by atoms with E-state index in [0.29, 0.717) is 6.54 Å². The van der Waals surface area contributed by atoms with Crippen molar-refractivity contribution in [2.45, 2.75) is 26.2 Å². The van der Waals surface area contributed by atoms with Gasteiger partial charge in [0.15, 0.2) is 0 Å². The van der Waals surface area contributed by atoms with Gasteiger partial charge >= 0.3 is 0 Å². The fourth-order valence-electron chi connectivity index (χ4n) is 1.65. The van der Waals surface area contributed by atoms with Crippen LogP contribution in [-0.2, 0) is 10.2 Å². The molecule has 0 saturated heterocycles. The molecule has 0 heterocycles. The van der Waals surface area contributed by atoms with Crippen LogP contribution < -0.4 is 5.32 Å². The summed E-state index contributed by atoms with van der Waals surface area (Å²) in [6.07, 6.45) is 3.16. The molecule has 20 heavy (non-hydrogen) atoms. The summed E-state index contributed by atoms with van der Waals surface area (Å²) in [5.74, 6) is -0.382. The Morgan fingerprint density at radius 2 is 1.95 bits per heavy atom. The largest absolute Gasteiger partial charge is 0.348 e. The van der Waals surface area contributed by atoms with Gasteiger partial charge in [0.1, 0.15) is 11.6 Å². The summed E-state index contributed by atoms with van der Waals surface area (Å²) < 4.78 is 0. The molecule has 0 saturated carbocycles. The normalized spacial score (nSPS) is 11.6. The molecule has 0 fully saturated rings. The first-order chi connectivity index (χ1) is 9.38. The first kappa shape index (κ1) is 15.7. The Morgan fingerprint density at radius 3 is 2.40 bits per heavy atom. The minimum atomic E-state index is -0.382. The van der Waals surface area contributed by atoms with Gasteiger partial charge in [0.25, 0.3) is 5.91 Å². The zero-order valence-electron chi connectivity index (χ0n) is 12.2. The van der Waals surface area contributed by atoms with Crippen LogP contribution in [0.3, 0.4) is 0 Å². The maximum absolute atomic E-state index is 11.7. The topological polar surface area (TPSA) is 52.9 Å².